The Morgan fingerprint density at radius 2 is 1.96 bits per heavy atom. The molecule has 0 bridgehead atoms. The summed E-state index contributed by atoms with van der Waals surface area (Å²) in [6.07, 6.45) is 1.58. The number of rotatable bonds is 1. The summed E-state index contributed by atoms with van der Waals surface area (Å²) in [6, 6.07) is 9.94. The van der Waals surface area contributed by atoms with Gasteiger partial charge in [-0.25, -0.2) is 15.0 Å². The third kappa shape index (κ3) is 1.78. The zero-order chi connectivity index (χ0) is 16.3. The fourth-order valence-corrected chi connectivity index (χ4v) is 4.30. The van der Waals surface area contributed by atoms with E-state index in [9.17, 15) is 0 Å². The first-order valence-corrected chi connectivity index (χ1v) is 8.36. The van der Waals surface area contributed by atoms with Crippen LogP contribution in [0.4, 0.5) is 0 Å². The van der Waals surface area contributed by atoms with Crippen LogP contribution in [0.2, 0.25) is 0 Å². The molecule has 0 saturated carbocycles. The summed E-state index contributed by atoms with van der Waals surface area (Å²) >= 11 is 1.60. The quantitative estimate of drug-likeness (QED) is 0.469. The van der Waals surface area contributed by atoms with Crippen molar-refractivity contribution in [3.8, 4) is 5.82 Å². The molecule has 0 amide bonds. The van der Waals surface area contributed by atoms with Gasteiger partial charge in [0.25, 0.3) is 0 Å². The minimum atomic E-state index is 0.744. The number of hydrogen-bond acceptors (Lipinski definition) is 6. The van der Waals surface area contributed by atoms with Gasteiger partial charge in [0.1, 0.15) is 21.4 Å². The average molecular weight is 332 g/mol. The lowest BCUT2D eigenvalue weighted by molar-refractivity contribution is 0.806. The van der Waals surface area contributed by atoms with Gasteiger partial charge in [0, 0.05) is 11.1 Å². The Bertz CT molecular complexity index is 1240. The number of nitrogens with zero attached hydrogens (tertiary/aromatic N) is 6. The molecule has 5 rings (SSSR count). The first-order chi connectivity index (χ1) is 11.7. The highest BCUT2D eigenvalue weighted by atomic mass is 32.1. The summed E-state index contributed by atoms with van der Waals surface area (Å²) in [7, 11) is 0. The van der Waals surface area contributed by atoms with Crippen molar-refractivity contribution >= 4 is 42.8 Å². The molecule has 0 atom stereocenters. The molecule has 0 N–H and O–H groups in total. The van der Waals surface area contributed by atoms with Crippen LogP contribution in [-0.4, -0.2) is 29.9 Å². The Hall–Kier alpha value is -2.93. The van der Waals surface area contributed by atoms with Crippen molar-refractivity contribution in [2.75, 3.05) is 0 Å². The Morgan fingerprint density at radius 1 is 1.08 bits per heavy atom. The summed E-state index contributed by atoms with van der Waals surface area (Å²) < 4.78 is 2.75. The van der Waals surface area contributed by atoms with Gasteiger partial charge in [-0.3, -0.25) is 0 Å². The van der Waals surface area contributed by atoms with Crippen LogP contribution < -0.4 is 0 Å². The largest absolute Gasteiger partial charge is 0.242 e. The highest BCUT2D eigenvalue weighted by Gasteiger charge is 2.17. The van der Waals surface area contributed by atoms with Crippen LogP contribution in [0.25, 0.3) is 37.3 Å². The molecule has 24 heavy (non-hydrogen) atoms. The molecule has 7 heteroatoms. The van der Waals surface area contributed by atoms with Gasteiger partial charge in [0.15, 0.2) is 5.82 Å². The monoisotopic (exact) mass is 332 g/mol. The van der Waals surface area contributed by atoms with Gasteiger partial charge in [-0.1, -0.05) is 17.3 Å². The first kappa shape index (κ1) is 13.5. The standard InChI is InChI=1S/C17H12N6S/c1-9-7-10(2)20-17-13(9)14-15(24-17)16(19-8-18-14)23-12-6-4-3-5-11(12)21-22-23/h3-8H,1-2H3. The van der Waals surface area contributed by atoms with E-state index < -0.39 is 0 Å². The molecule has 0 aliphatic heterocycles. The highest BCUT2D eigenvalue weighted by Crippen LogP contribution is 2.36. The number of benzene rings is 1. The van der Waals surface area contributed by atoms with Crippen molar-refractivity contribution in [2.45, 2.75) is 13.8 Å². The smallest absolute Gasteiger partial charge is 0.177 e. The second-order valence-electron chi connectivity index (χ2n) is 5.73. The Labute approximate surface area is 140 Å². The lowest BCUT2D eigenvalue weighted by atomic mass is 10.1. The lowest BCUT2D eigenvalue weighted by Gasteiger charge is -2.02. The zero-order valence-corrected chi connectivity index (χ0v) is 13.9. The van der Waals surface area contributed by atoms with Gasteiger partial charge in [-0.2, -0.15) is 4.68 Å². The van der Waals surface area contributed by atoms with Crippen LogP contribution >= 0.6 is 11.3 Å². The fourth-order valence-electron chi connectivity index (χ4n) is 3.07. The van der Waals surface area contributed by atoms with E-state index >= 15 is 0 Å². The topological polar surface area (TPSA) is 69.4 Å². The van der Waals surface area contributed by atoms with E-state index in [0.29, 0.717) is 0 Å². The van der Waals surface area contributed by atoms with Gasteiger partial charge in [-0.15, -0.1) is 16.4 Å². The van der Waals surface area contributed by atoms with Gasteiger partial charge < -0.3 is 0 Å². The van der Waals surface area contributed by atoms with Crippen molar-refractivity contribution in [3.63, 3.8) is 0 Å². The molecule has 0 radical (unpaired) electrons. The predicted molar refractivity (Wildman–Crippen MR) is 94.6 cm³/mol. The number of aryl methyl sites for hydroxylation is 2. The van der Waals surface area contributed by atoms with Gasteiger partial charge in [-0.05, 0) is 37.6 Å². The highest BCUT2D eigenvalue weighted by molar-refractivity contribution is 7.25. The fraction of sp³-hybridized carbons (Fsp3) is 0.118. The maximum absolute atomic E-state index is 4.66. The minimum absolute atomic E-state index is 0.744. The number of pyridine rings is 1. The molecule has 4 aromatic heterocycles. The second kappa shape index (κ2) is 4.78. The number of para-hydroxylation sites is 1. The molecule has 5 aromatic rings. The number of fused-ring (bicyclic) bond motifs is 4. The molecule has 0 saturated heterocycles. The molecular formula is C17H12N6S. The lowest BCUT2D eigenvalue weighted by Crippen LogP contribution is -2.00. The number of hydrogen-bond donors (Lipinski definition) is 0. The summed E-state index contributed by atoms with van der Waals surface area (Å²) in [5.41, 5.74) is 4.88. The SMILES string of the molecule is Cc1cc(C)c2c(n1)sc1c(-n3nnc4ccccc43)ncnc12. The summed E-state index contributed by atoms with van der Waals surface area (Å²) in [6.45, 7) is 4.10. The Kier molecular flexibility index (Phi) is 2.69. The summed E-state index contributed by atoms with van der Waals surface area (Å²) in [5.74, 6) is 0.744. The van der Waals surface area contributed by atoms with Gasteiger partial charge in [0.05, 0.1) is 11.0 Å². The van der Waals surface area contributed by atoms with Crippen molar-refractivity contribution in [3.05, 3.63) is 47.9 Å². The van der Waals surface area contributed by atoms with Crippen molar-refractivity contribution in [1.29, 1.82) is 0 Å². The normalized spacial score (nSPS) is 11.8. The predicted octanol–water partition coefficient (Wildman–Crippen LogP) is 3.59. The van der Waals surface area contributed by atoms with Crippen molar-refractivity contribution in [2.24, 2.45) is 0 Å². The number of aromatic nitrogens is 6. The second-order valence-corrected chi connectivity index (χ2v) is 6.73. The third-order valence-corrected chi connectivity index (χ3v) is 5.15. The molecule has 0 fully saturated rings. The minimum Gasteiger partial charge on any atom is -0.242 e. The van der Waals surface area contributed by atoms with E-state index in [0.717, 1.165) is 43.0 Å². The van der Waals surface area contributed by atoms with E-state index in [1.165, 1.54) is 5.56 Å². The first-order valence-electron chi connectivity index (χ1n) is 7.54. The van der Waals surface area contributed by atoms with Crippen LogP contribution in [0.1, 0.15) is 11.3 Å². The molecular weight excluding hydrogens is 320 g/mol. The van der Waals surface area contributed by atoms with Crippen molar-refractivity contribution in [1.82, 2.24) is 29.9 Å². The molecule has 0 spiro atoms. The van der Waals surface area contributed by atoms with Crippen LogP contribution in [0.5, 0.6) is 0 Å². The van der Waals surface area contributed by atoms with Gasteiger partial charge >= 0.3 is 0 Å². The summed E-state index contributed by atoms with van der Waals surface area (Å²) in [5, 5.41) is 9.61. The Morgan fingerprint density at radius 3 is 2.88 bits per heavy atom. The molecule has 0 aliphatic rings. The van der Waals surface area contributed by atoms with E-state index in [1.54, 1.807) is 22.3 Å². The van der Waals surface area contributed by atoms with Crippen LogP contribution in [-0.2, 0) is 0 Å². The molecule has 1 aromatic carbocycles. The van der Waals surface area contributed by atoms with Crippen LogP contribution in [0, 0.1) is 13.8 Å². The van der Waals surface area contributed by atoms with E-state index in [2.05, 4.69) is 38.3 Å². The maximum atomic E-state index is 4.66. The van der Waals surface area contributed by atoms with Crippen LogP contribution in [0.15, 0.2) is 36.7 Å². The van der Waals surface area contributed by atoms with Gasteiger partial charge in [0.2, 0.25) is 0 Å². The molecule has 0 unspecified atom stereocenters. The number of thiophene rings is 1. The molecule has 0 aliphatic carbocycles. The summed E-state index contributed by atoms with van der Waals surface area (Å²) in [4.78, 5) is 14.6. The maximum Gasteiger partial charge on any atom is 0.177 e. The zero-order valence-electron chi connectivity index (χ0n) is 13.1. The van der Waals surface area contributed by atoms with E-state index in [4.69, 9.17) is 0 Å². The third-order valence-electron chi connectivity index (χ3n) is 4.08. The molecule has 116 valence electrons. The molecule has 4 heterocycles. The Balaban J connectivity index is 1.91. The molecule has 6 nitrogen and oxygen atoms in total. The van der Waals surface area contributed by atoms with Crippen molar-refractivity contribution < 1.29 is 0 Å². The van der Waals surface area contributed by atoms with E-state index in [-0.39, 0.29) is 0 Å². The average Bonchev–Trinajstić information content (AvgIpc) is 3.15. The van der Waals surface area contributed by atoms with Crippen LogP contribution in [0.3, 0.4) is 0 Å². The van der Waals surface area contributed by atoms with E-state index in [1.807, 2.05) is 31.2 Å².